The number of ketones is 2. The number of carbonyl (C=O) groups excluding carboxylic acids is 2. The van der Waals surface area contributed by atoms with Crippen molar-refractivity contribution in [2.24, 2.45) is 0 Å². The molecule has 0 saturated heterocycles. The van der Waals surface area contributed by atoms with Gasteiger partial charge in [0.05, 0.1) is 43.6 Å². The predicted octanol–water partition coefficient (Wildman–Crippen LogP) is 3.87. The molecule has 0 unspecified atom stereocenters. The molecule has 0 heterocycles. The summed E-state index contributed by atoms with van der Waals surface area (Å²) in [4.78, 5) is 26.7. The van der Waals surface area contributed by atoms with Crippen LogP contribution in [0.5, 0.6) is 5.75 Å². The first-order valence-corrected chi connectivity index (χ1v) is 10.2. The van der Waals surface area contributed by atoms with E-state index >= 15 is 0 Å². The van der Waals surface area contributed by atoms with Crippen molar-refractivity contribution in [1.82, 2.24) is 0 Å². The number of nitrogens with two attached hydrogens (primary N) is 1. The van der Waals surface area contributed by atoms with Crippen LogP contribution >= 0.6 is 0 Å². The number of para-hydroxylation sites is 1. The third kappa shape index (κ3) is 4.02. The van der Waals surface area contributed by atoms with Crippen LogP contribution < -0.4 is 15.8 Å². The van der Waals surface area contributed by atoms with E-state index in [-0.39, 0.29) is 28.4 Å². The molecule has 0 atom stereocenters. The first-order chi connectivity index (χ1) is 14.8. The lowest BCUT2D eigenvalue weighted by Crippen LogP contribution is -2.38. The molecule has 1 aliphatic rings. The van der Waals surface area contributed by atoms with Gasteiger partial charge in [0.15, 0.2) is 11.6 Å². The molecule has 6 nitrogen and oxygen atoms in total. The second-order valence-corrected chi connectivity index (χ2v) is 8.64. The third-order valence-electron chi connectivity index (χ3n) is 5.27. The Kier molecular flexibility index (Phi) is 5.25. The fraction of sp³-hybridized carbons (Fsp3) is 0.200. The standard InChI is InChI=1S/C25H25N3O3/c1-28(2,3)13-14-31-20-15-19(27-16-9-5-4-6-10-16)21-22(23(20)26)25(30)18-12-8-7-11-17(18)24(21)29/h4-12,15H,13-14H2,1-3H3,(H2-,26,27,29,30)/p+1. The van der Waals surface area contributed by atoms with Crippen molar-refractivity contribution in [2.75, 3.05) is 45.3 Å². The number of nitrogens with zero attached hydrogens (tertiary/aromatic N) is 1. The SMILES string of the molecule is C[N+](C)(C)CCOc1cc(Nc2ccccc2)c2c(c1N)C(=O)c1ccccc1C2=O. The van der Waals surface area contributed by atoms with Gasteiger partial charge in [0, 0.05) is 22.9 Å². The van der Waals surface area contributed by atoms with Crippen molar-refractivity contribution >= 4 is 28.6 Å². The monoisotopic (exact) mass is 416 g/mol. The molecular formula is C25H26N3O3+. The van der Waals surface area contributed by atoms with Crippen molar-refractivity contribution in [3.05, 3.63) is 82.9 Å². The molecule has 0 bridgehead atoms. The van der Waals surface area contributed by atoms with Crippen LogP contribution in [0.3, 0.4) is 0 Å². The summed E-state index contributed by atoms with van der Waals surface area (Å²) in [6.45, 7) is 1.18. The molecule has 0 fully saturated rings. The molecule has 158 valence electrons. The van der Waals surface area contributed by atoms with Gasteiger partial charge in [-0.05, 0) is 12.1 Å². The van der Waals surface area contributed by atoms with E-state index < -0.39 is 0 Å². The minimum Gasteiger partial charge on any atom is -0.485 e. The van der Waals surface area contributed by atoms with Crippen LogP contribution in [-0.4, -0.2) is 50.3 Å². The van der Waals surface area contributed by atoms with E-state index in [2.05, 4.69) is 26.5 Å². The van der Waals surface area contributed by atoms with Crippen molar-refractivity contribution in [3.8, 4) is 5.75 Å². The normalized spacial score (nSPS) is 12.9. The molecule has 1 aliphatic carbocycles. The number of likely N-dealkylation sites (N-methyl/N-ethyl adjacent to an activating group) is 1. The van der Waals surface area contributed by atoms with Gasteiger partial charge in [-0.25, -0.2) is 0 Å². The van der Waals surface area contributed by atoms with Crippen molar-refractivity contribution in [3.63, 3.8) is 0 Å². The highest BCUT2D eigenvalue weighted by molar-refractivity contribution is 6.32. The number of hydrogen-bond donors (Lipinski definition) is 2. The summed E-state index contributed by atoms with van der Waals surface area (Å²) in [6.07, 6.45) is 0. The summed E-state index contributed by atoms with van der Waals surface area (Å²) in [5.41, 5.74) is 9.12. The number of quaternary nitrogens is 1. The minimum atomic E-state index is -0.268. The summed E-state index contributed by atoms with van der Waals surface area (Å²) in [7, 11) is 6.21. The Bertz CT molecular complexity index is 1160. The molecule has 4 rings (SSSR count). The predicted molar refractivity (Wildman–Crippen MR) is 122 cm³/mol. The number of nitrogens with one attached hydrogen (secondary N) is 1. The number of fused-ring (bicyclic) bond motifs is 2. The van der Waals surface area contributed by atoms with E-state index in [1.807, 2.05) is 30.3 Å². The van der Waals surface area contributed by atoms with Gasteiger partial charge in [0.25, 0.3) is 0 Å². The summed E-state index contributed by atoms with van der Waals surface area (Å²) in [5.74, 6) is -0.102. The summed E-state index contributed by atoms with van der Waals surface area (Å²) in [6, 6.07) is 18.0. The van der Waals surface area contributed by atoms with Crippen LogP contribution in [0, 0.1) is 0 Å². The van der Waals surface area contributed by atoms with Crippen LogP contribution in [-0.2, 0) is 0 Å². The quantitative estimate of drug-likeness (QED) is 0.368. The molecule has 3 aromatic carbocycles. The Hall–Kier alpha value is -3.64. The number of hydrogen-bond acceptors (Lipinski definition) is 5. The van der Waals surface area contributed by atoms with Gasteiger partial charge in [-0.2, -0.15) is 0 Å². The number of anilines is 3. The Morgan fingerprint density at radius 1 is 0.871 bits per heavy atom. The zero-order valence-corrected chi connectivity index (χ0v) is 17.9. The fourth-order valence-corrected chi connectivity index (χ4v) is 3.62. The van der Waals surface area contributed by atoms with Gasteiger partial charge in [0.1, 0.15) is 18.9 Å². The highest BCUT2D eigenvalue weighted by atomic mass is 16.5. The molecule has 6 heteroatoms. The zero-order chi connectivity index (χ0) is 22.2. The van der Waals surface area contributed by atoms with E-state index in [0.717, 1.165) is 16.7 Å². The molecular weight excluding hydrogens is 390 g/mol. The highest BCUT2D eigenvalue weighted by Gasteiger charge is 2.35. The van der Waals surface area contributed by atoms with Gasteiger partial charge in [-0.3, -0.25) is 9.59 Å². The Morgan fingerprint density at radius 2 is 1.45 bits per heavy atom. The number of benzene rings is 3. The number of carbonyl (C=O) groups is 2. The van der Waals surface area contributed by atoms with Gasteiger partial charge in [-0.1, -0.05) is 42.5 Å². The van der Waals surface area contributed by atoms with Gasteiger partial charge in [-0.15, -0.1) is 0 Å². The van der Waals surface area contributed by atoms with Crippen molar-refractivity contribution in [2.45, 2.75) is 0 Å². The second kappa shape index (κ2) is 7.89. The Morgan fingerprint density at radius 3 is 2.06 bits per heavy atom. The van der Waals surface area contributed by atoms with Crippen LogP contribution in [0.4, 0.5) is 17.1 Å². The average molecular weight is 417 g/mol. The molecule has 0 amide bonds. The van der Waals surface area contributed by atoms with Gasteiger partial charge < -0.3 is 20.3 Å². The maximum atomic E-state index is 13.4. The van der Waals surface area contributed by atoms with E-state index in [1.165, 1.54) is 0 Å². The van der Waals surface area contributed by atoms with E-state index in [0.29, 0.717) is 29.2 Å². The smallest absolute Gasteiger partial charge is 0.196 e. The third-order valence-corrected chi connectivity index (χ3v) is 5.27. The van der Waals surface area contributed by atoms with E-state index in [9.17, 15) is 9.59 Å². The molecule has 0 saturated carbocycles. The lowest BCUT2D eigenvalue weighted by molar-refractivity contribution is -0.870. The number of ether oxygens (including phenoxy) is 1. The molecule has 3 N–H and O–H groups in total. The van der Waals surface area contributed by atoms with Crippen LogP contribution in [0.15, 0.2) is 60.7 Å². The maximum absolute atomic E-state index is 13.4. The maximum Gasteiger partial charge on any atom is 0.196 e. The van der Waals surface area contributed by atoms with Gasteiger partial charge >= 0.3 is 0 Å². The lowest BCUT2D eigenvalue weighted by Gasteiger charge is -2.26. The first kappa shape index (κ1) is 20.6. The average Bonchev–Trinajstić information content (AvgIpc) is 2.74. The molecule has 0 aliphatic heterocycles. The number of rotatable bonds is 6. The molecule has 3 aromatic rings. The Labute approximate surface area is 181 Å². The first-order valence-electron chi connectivity index (χ1n) is 10.2. The second-order valence-electron chi connectivity index (χ2n) is 8.64. The molecule has 0 radical (unpaired) electrons. The van der Waals surface area contributed by atoms with E-state index in [1.54, 1.807) is 30.3 Å². The highest BCUT2D eigenvalue weighted by Crippen LogP contribution is 2.41. The van der Waals surface area contributed by atoms with Crippen LogP contribution in [0.25, 0.3) is 0 Å². The Balaban J connectivity index is 1.84. The molecule has 31 heavy (non-hydrogen) atoms. The largest absolute Gasteiger partial charge is 0.485 e. The summed E-state index contributed by atoms with van der Waals surface area (Å²) in [5, 5.41) is 3.28. The van der Waals surface area contributed by atoms with Gasteiger partial charge in [0.2, 0.25) is 0 Å². The zero-order valence-electron chi connectivity index (χ0n) is 17.9. The number of nitrogen functional groups attached to an aromatic ring is 1. The topological polar surface area (TPSA) is 81.4 Å². The summed E-state index contributed by atoms with van der Waals surface area (Å²) < 4.78 is 6.71. The van der Waals surface area contributed by atoms with Crippen LogP contribution in [0.2, 0.25) is 0 Å². The van der Waals surface area contributed by atoms with E-state index in [4.69, 9.17) is 10.5 Å². The van der Waals surface area contributed by atoms with Crippen molar-refractivity contribution in [1.29, 1.82) is 0 Å². The van der Waals surface area contributed by atoms with Crippen LogP contribution in [0.1, 0.15) is 31.8 Å². The molecule has 0 aromatic heterocycles. The fourth-order valence-electron chi connectivity index (χ4n) is 3.62. The minimum absolute atomic E-state index is 0.197. The van der Waals surface area contributed by atoms with Crippen molar-refractivity contribution < 1.29 is 18.8 Å². The molecule has 0 spiro atoms. The summed E-state index contributed by atoms with van der Waals surface area (Å²) >= 11 is 0. The lowest BCUT2D eigenvalue weighted by atomic mass is 9.82.